The van der Waals surface area contributed by atoms with Crippen LogP contribution >= 0.6 is 0 Å². The molecule has 2 rings (SSSR count). The first kappa shape index (κ1) is 13.4. The van der Waals surface area contributed by atoms with Gasteiger partial charge in [0, 0.05) is 11.8 Å². The van der Waals surface area contributed by atoms with Crippen LogP contribution in [0.5, 0.6) is 0 Å². The average molecular weight is 247 g/mol. The van der Waals surface area contributed by atoms with Crippen LogP contribution in [0.25, 0.3) is 0 Å². The van der Waals surface area contributed by atoms with E-state index in [1.54, 1.807) is 0 Å². The SMILES string of the molecule is CC1CCC(C#CC2CCC(C#N)C(F)C2)CC1. The van der Waals surface area contributed by atoms with Crippen molar-refractivity contribution in [3.8, 4) is 17.9 Å². The Balaban J connectivity index is 1.82. The van der Waals surface area contributed by atoms with E-state index in [1.165, 1.54) is 25.7 Å². The molecule has 0 aliphatic heterocycles. The Hall–Kier alpha value is -1.02. The van der Waals surface area contributed by atoms with Crippen molar-refractivity contribution in [1.29, 1.82) is 5.26 Å². The summed E-state index contributed by atoms with van der Waals surface area (Å²) < 4.78 is 13.6. The van der Waals surface area contributed by atoms with Crippen molar-refractivity contribution in [1.82, 2.24) is 0 Å². The highest BCUT2D eigenvalue weighted by atomic mass is 19.1. The quantitative estimate of drug-likeness (QED) is 0.591. The van der Waals surface area contributed by atoms with Crippen molar-refractivity contribution in [3.63, 3.8) is 0 Å². The highest BCUT2D eigenvalue weighted by Gasteiger charge is 2.29. The molecule has 0 radical (unpaired) electrons. The average Bonchev–Trinajstić information content (AvgIpc) is 2.38. The van der Waals surface area contributed by atoms with Gasteiger partial charge in [-0.15, -0.1) is 0 Å². The van der Waals surface area contributed by atoms with Crippen molar-refractivity contribution in [2.75, 3.05) is 0 Å². The molecule has 98 valence electrons. The number of nitrogens with zero attached hydrogens (tertiary/aromatic N) is 1. The van der Waals surface area contributed by atoms with Gasteiger partial charge >= 0.3 is 0 Å². The molecule has 0 amide bonds. The van der Waals surface area contributed by atoms with Crippen molar-refractivity contribution >= 4 is 0 Å². The molecule has 1 nitrogen and oxygen atoms in total. The minimum Gasteiger partial charge on any atom is -0.246 e. The van der Waals surface area contributed by atoms with E-state index in [0.717, 1.165) is 12.3 Å². The maximum absolute atomic E-state index is 13.6. The largest absolute Gasteiger partial charge is 0.246 e. The monoisotopic (exact) mass is 247 g/mol. The maximum Gasteiger partial charge on any atom is 0.117 e. The molecule has 2 heteroatoms. The van der Waals surface area contributed by atoms with E-state index in [9.17, 15) is 4.39 Å². The van der Waals surface area contributed by atoms with Crippen molar-refractivity contribution < 1.29 is 4.39 Å². The first-order chi connectivity index (χ1) is 8.69. The lowest BCUT2D eigenvalue weighted by atomic mass is 9.80. The van der Waals surface area contributed by atoms with Gasteiger partial charge in [0.2, 0.25) is 0 Å². The number of hydrogen-bond donors (Lipinski definition) is 0. The fourth-order valence-corrected chi connectivity index (χ4v) is 3.03. The number of halogens is 1. The standard InChI is InChI=1S/C16H22FN/c1-12-2-4-13(5-3-12)6-7-14-8-9-15(11-18)16(17)10-14/h12-16H,2-5,8-10H2,1H3. The molecule has 3 atom stereocenters. The summed E-state index contributed by atoms with van der Waals surface area (Å²) in [5, 5.41) is 8.78. The molecule has 3 unspecified atom stereocenters. The highest BCUT2D eigenvalue weighted by molar-refractivity contribution is 5.10. The molecule has 0 bridgehead atoms. The lowest BCUT2D eigenvalue weighted by Gasteiger charge is -2.25. The summed E-state index contributed by atoms with van der Waals surface area (Å²) >= 11 is 0. The molecule has 2 aliphatic rings. The van der Waals surface area contributed by atoms with Crippen molar-refractivity contribution in [2.45, 2.75) is 58.0 Å². The zero-order valence-electron chi connectivity index (χ0n) is 11.2. The Morgan fingerprint density at radius 2 is 1.56 bits per heavy atom. The van der Waals surface area contributed by atoms with Crippen LogP contribution in [0.1, 0.15) is 51.9 Å². The Morgan fingerprint density at radius 3 is 2.17 bits per heavy atom. The molecule has 2 fully saturated rings. The van der Waals surface area contributed by atoms with E-state index in [0.29, 0.717) is 18.8 Å². The van der Waals surface area contributed by atoms with Gasteiger partial charge in [0.15, 0.2) is 0 Å². The number of nitriles is 1. The predicted octanol–water partition coefficient (Wildman–Crippen LogP) is 4.09. The second kappa shape index (κ2) is 6.24. The normalized spacial score (nSPS) is 40.4. The zero-order chi connectivity index (χ0) is 13.0. The van der Waals surface area contributed by atoms with Gasteiger partial charge in [0.05, 0.1) is 12.0 Å². The third kappa shape index (κ3) is 3.49. The summed E-state index contributed by atoms with van der Waals surface area (Å²) in [6, 6.07) is 2.06. The number of hydrogen-bond acceptors (Lipinski definition) is 1. The van der Waals surface area contributed by atoms with E-state index in [-0.39, 0.29) is 5.92 Å². The highest BCUT2D eigenvalue weighted by Crippen LogP contribution is 2.31. The molecule has 0 aromatic heterocycles. The van der Waals surface area contributed by atoms with Crippen LogP contribution in [0, 0.1) is 46.8 Å². The smallest absolute Gasteiger partial charge is 0.117 e. The van der Waals surface area contributed by atoms with Crippen LogP contribution in [0.2, 0.25) is 0 Å². The summed E-state index contributed by atoms with van der Waals surface area (Å²) in [5.41, 5.74) is 0. The molecule has 0 spiro atoms. The molecule has 18 heavy (non-hydrogen) atoms. The van der Waals surface area contributed by atoms with Crippen LogP contribution in [0.15, 0.2) is 0 Å². The minimum absolute atomic E-state index is 0.184. The first-order valence-electron chi connectivity index (χ1n) is 7.23. The molecule has 0 aromatic carbocycles. The van der Waals surface area contributed by atoms with Crippen LogP contribution in [-0.4, -0.2) is 6.17 Å². The van der Waals surface area contributed by atoms with E-state index in [4.69, 9.17) is 5.26 Å². The van der Waals surface area contributed by atoms with Gasteiger partial charge in [-0.05, 0) is 50.9 Å². The van der Waals surface area contributed by atoms with Crippen molar-refractivity contribution in [2.24, 2.45) is 23.7 Å². The van der Waals surface area contributed by atoms with Gasteiger partial charge in [0.1, 0.15) is 6.17 Å². The Morgan fingerprint density at radius 1 is 0.944 bits per heavy atom. The first-order valence-corrected chi connectivity index (χ1v) is 7.23. The summed E-state index contributed by atoms with van der Waals surface area (Å²) in [6.45, 7) is 2.31. The van der Waals surface area contributed by atoms with Crippen LogP contribution in [0.4, 0.5) is 4.39 Å². The van der Waals surface area contributed by atoms with Gasteiger partial charge in [-0.2, -0.15) is 5.26 Å². The van der Waals surface area contributed by atoms with Gasteiger partial charge < -0.3 is 0 Å². The number of alkyl halides is 1. The van der Waals surface area contributed by atoms with E-state index >= 15 is 0 Å². The topological polar surface area (TPSA) is 23.8 Å². The van der Waals surface area contributed by atoms with Gasteiger partial charge in [-0.3, -0.25) is 0 Å². The second-order valence-corrected chi connectivity index (χ2v) is 6.01. The van der Waals surface area contributed by atoms with Gasteiger partial charge in [-0.1, -0.05) is 18.8 Å². The fourth-order valence-electron chi connectivity index (χ4n) is 3.03. The molecule has 0 saturated heterocycles. The minimum atomic E-state index is -0.963. The Labute approximate surface area is 110 Å². The third-order valence-electron chi connectivity index (χ3n) is 4.45. The summed E-state index contributed by atoms with van der Waals surface area (Å²) in [5.74, 6) is 7.83. The molecule has 0 N–H and O–H groups in total. The Bertz CT molecular complexity index is 365. The van der Waals surface area contributed by atoms with Crippen LogP contribution < -0.4 is 0 Å². The summed E-state index contributed by atoms with van der Waals surface area (Å²) in [7, 11) is 0. The van der Waals surface area contributed by atoms with Gasteiger partial charge in [-0.25, -0.2) is 4.39 Å². The molecule has 2 aliphatic carbocycles. The molecular weight excluding hydrogens is 225 g/mol. The molecule has 0 heterocycles. The zero-order valence-corrected chi connectivity index (χ0v) is 11.2. The molecular formula is C16H22FN. The summed E-state index contributed by atoms with van der Waals surface area (Å²) in [6.07, 6.45) is 6.07. The van der Waals surface area contributed by atoms with E-state index in [1.807, 2.05) is 0 Å². The summed E-state index contributed by atoms with van der Waals surface area (Å²) in [4.78, 5) is 0. The fraction of sp³-hybridized carbons (Fsp3) is 0.812. The van der Waals surface area contributed by atoms with Crippen molar-refractivity contribution in [3.05, 3.63) is 0 Å². The third-order valence-corrected chi connectivity index (χ3v) is 4.45. The van der Waals surface area contributed by atoms with E-state index < -0.39 is 12.1 Å². The lowest BCUT2D eigenvalue weighted by molar-refractivity contribution is 0.180. The molecule has 2 saturated carbocycles. The Kier molecular flexibility index (Phi) is 4.65. The van der Waals surface area contributed by atoms with Crippen LogP contribution in [0.3, 0.4) is 0 Å². The lowest BCUT2D eigenvalue weighted by Crippen LogP contribution is -2.24. The second-order valence-electron chi connectivity index (χ2n) is 6.01. The maximum atomic E-state index is 13.6. The van der Waals surface area contributed by atoms with Crippen LogP contribution in [-0.2, 0) is 0 Å². The number of rotatable bonds is 0. The molecule has 0 aromatic rings. The predicted molar refractivity (Wildman–Crippen MR) is 70.2 cm³/mol. The van der Waals surface area contributed by atoms with Gasteiger partial charge in [0.25, 0.3) is 0 Å². The van der Waals surface area contributed by atoms with E-state index in [2.05, 4.69) is 24.8 Å².